The van der Waals surface area contributed by atoms with Gasteiger partial charge in [0.25, 0.3) is 5.91 Å². The predicted octanol–water partition coefficient (Wildman–Crippen LogP) is 3.71. The number of aryl methyl sites for hydroxylation is 1. The molecule has 1 aromatic heterocycles. The van der Waals surface area contributed by atoms with Gasteiger partial charge in [-0.2, -0.15) is 5.10 Å². The van der Waals surface area contributed by atoms with Crippen molar-refractivity contribution in [3.63, 3.8) is 0 Å². The van der Waals surface area contributed by atoms with E-state index in [4.69, 9.17) is 9.47 Å². The first-order chi connectivity index (χ1) is 14.1. The minimum absolute atomic E-state index is 0.190. The van der Waals surface area contributed by atoms with Crippen LogP contribution in [-0.2, 0) is 11.3 Å². The summed E-state index contributed by atoms with van der Waals surface area (Å²) in [6, 6.07) is 13.5. The van der Waals surface area contributed by atoms with Crippen LogP contribution >= 0.6 is 11.8 Å². The molecule has 8 heteroatoms. The quantitative estimate of drug-likeness (QED) is 0.347. The van der Waals surface area contributed by atoms with Crippen LogP contribution in [0.1, 0.15) is 19.4 Å². The third-order valence-electron chi connectivity index (χ3n) is 4.42. The molecule has 1 amide bonds. The zero-order chi connectivity index (χ0) is 20.8. The van der Waals surface area contributed by atoms with Crippen LogP contribution in [0.2, 0.25) is 0 Å². The van der Waals surface area contributed by atoms with Gasteiger partial charge in [-0.05, 0) is 44.2 Å². The van der Waals surface area contributed by atoms with Crippen LogP contribution in [0.15, 0.2) is 52.7 Å². The van der Waals surface area contributed by atoms with E-state index in [9.17, 15) is 4.79 Å². The molecule has 3 rings (SSSR count). The molecule has 0 saturated heterocycles. The molecule has 1 N–H and O–H groups in total. The first kappa shape index (κ1) is 20.7. The van der Waals surface area contributed by atoms with Gasteiger partial charge in [0, 0.05) is 12.1 Å². The molecular weight excluding hydrogens is 388 g/mol. The van der Waals surface area contributed by atoms with E-state index in [1.807, 2.05) is 43.3 Å². The number of nitrogens with one attached hydrogen (secondary N) is 1. The first-order valence-corrected chi connectivity index (χ1v) is 10.2. The number of imidazole rings is 1. The molecule has 152 valence electrons. The number of methoxy groups -OCH3 is 2. The molecule has 1 heterocycles. The van der Waals surface area contributed by atoms with Crippen molar-refractivity contribution in [1.29, 1.82) is 0 Å². The predicted molar refractivity (Wildman–Crippen MR) is 116 cm³/mol. The number of para-hydroxylation sites is 2. The standard InChI is InChI=1S/C21H24N4O3S/c1-5-25-17-9-7-6-8-16(17)22-21(25)29-13-20(26)24-23-14(2)15-10-11-18(27-3)19(12-15)28-4/h6-12H,5,13H2,1-4H3,(H,24,26)/b23-14+. The van der Waals surface area contributed by atoms with Crippen LogP contribution in [-0.4, -0.2) is 41.1 Å². The Morgan fingerprint density at radius 2 is 1.93 bits per heavy atom. The fourth-order valence-corrected chi connectivity index (χ4v) is 3.77. The van der Waals surface area contributed by atoms with Crippen LogP contribution in [0.4, 0.5) is 0 Å². The van der Waals surface area contributed by atoms with Gasteiger partial charge in [0.05, 0.1) is 36.7 Å². The first-order valence-electron chi connectivity index (χ1n) is 9.21. The van der Waals surface area contributed by atoms with Crippen LogP contribution in [0.5, 0.6) is 11.5 Å². The van der Waals surface area contributed by atoms with Crippen molar-refractivity contribution in [2.24, 2.45) is 5.10 Å². The van der Waals surface area contributed by atoms with E-state index in [0.717, 1.165) is 28.3 Å². The second kappa shape index (κ2) is 9.47. The second-order valence-electron chi connectivity index (χ2n) is 6.22. The van der Waals surface area contributed by atoms with Crippen molar-refractivity contribution in [2.45, 2.75) is 25.5 Å². The minimum Gasteiger partial charge on any atom is -0.493 e. The highest BCUT2D eigenvalue weighted by Crippen LogP contribution is 2.28. The molecule has 0 saturated carbocycles. The Balaban J connectivity index is 1.64. The molecule has 0 aliphatic rings. The van der Waals surface area contributed by atoms with Crippen molar-refractivity contribution >= 4 is 34.4 Å². The maximum atomic E-state index is 12.3. The van der Waals surface area contributed by atoms with Gasteiger partial charge in [0.2, 0.25) is 0 Å². The number of carbonyl (C=O) groups excluding carboxylic acids is 1. The van der Waals surface area contributed by atoms with Crippen molar-refractivity contribution in [3.05, 3.63) is 48.0 Å². The summed E-state index contributed by atoms with van der Waals surface area (Å²) in [5, 5.41) is 5.03. The lowest BCUT2D eigenvalue weighted by molar-refractivity contribution is -0.118. The van der Waals surface area contributed by atoms with E-state index in [2.05, 4.69) is 27.0 Å². The highest BCUT2D eigenvalue weighted by atomic mass is 32.2. The zero-order valence-corrected chi connectivity index (χ0v) is 17.7. The topological polar surface area (TPSA) is 77.7 Å². The summed E-state index contributed by atoms with van der Waals surface area (Å²) >= 11 is 1.40. The number of fused-ring (bicyclic) bond motifs is 1. The largest absolute Gasteiger partial charge is 0.493 e. The summed E-state index contributed by atoms with van der Waals surface area (Å²) < 4.78 is 12.6. The molecule has 29 heavy (non-hydrogen) atoms. The average molecular weight is 413 g/mol. The molecule has 0 atom stereocenters. The number of thioether (sulfide) groups is 1. The second-order valence-corrected chi connectivity index (χ2v) is 7.16. The van der Waals surface area contributed by atoms with Crippen molar-refractivity contribution in [3.8, 4) is 11.5 Å². The van der Waals surface area contributed by atoms with E-state index in [0.29, 0.717) is 17.2 Å². The highest BCUT2D eigenvalue weighted by Gasteiger charge is 2.12. The summed E-state index contributed by atoms with van der Waals surface area (Å²) in [6.07, 6.45) is 0. The third-order valence-corrected chi connectivity index (χ3v) is 5.39. The summed E-state index contributed by atoms with van der Waals surface area (Å²) in [5.41, 5.74) is 6.12. The molecule has 0 aliphatic carbocycles. The molecule has 0 fully saturated rings. The molecule has 7 nitrogen and oxygen atoms in total. The van der Waals surface area contributed by atoms with Gasteiger partial charge in [0.15, 0.2) is 16.7 Å². The molecule has 0 aliphatic heterocycles. The average Bonchev–Trinajstić information content (AvgIpc) is 3.12. The SMILES string of the molecule is CCn1c(SCC(=O)N/N=C(\C)c2ccc(OC)c(OC)c2)nc2ccccc21. The van der Waals surface area contributed by atoms with E-state index in [1.165, 1.54) is 11.8 Å². The summed E-state index contributed by atoms with van der Waals surface area (Å²) in [7, 11) is 3.17. The molecule has 2 aromatic carbocycles. The normalized spacial score (nSPS) is 11.5. The van der Waals surface area contributed by atoms with E-state index in [1.54, 1.807) is 20.3 Å². The van der Waals surface area contributed by atoms with Crippen molar-refractivity contribution in [2.75, 3.05) is 20.0 Å². The number of amides is 1. The Kier molecular flexibility index (Phi) is 6.77. The molecule has 0 bridgehead atoms. The number of hydrazone groups is 1. The van der Waals surface area contributed by atoms with Crippen LogP contribution in [0, 0.1) is 0 Å². The van der Waals surface area contributed by atoms with Gasteiger partial charge in [-0.3, -0.25) is 4.79 Å². The van der Waals surface area contributed by atoms with Crippen LogP contribution in [0.3, 0.4) is 0 Å². The van der Waals surface area contributed by atoms with Gasteiger partial charge >= 0.3 is 0 Å². The highest BCUT2D eigenvalue weighted by molar-refractivity contribution is 7.99. The van der Waals surface area contributed by atoms with Gasteiger partial charge < -0.3 is 14.0 Å². The Bertz CT molecular complexity index is 1050. The number of rotatable bonds is 8. The third kappa shape index (κ3) is 4.71. The van der Waals surface area contributed by atoms with Gasteiger partial charge in [-0.1, -0.05) is 23.9 Å². The van der Waals surface area contributed by atoms with Crippen molar-refractivity contribution < 1.29 is 14.3 Å². The number of nitrogens with zero attached hydrogens (tertiary/aromatic N) is 3. The maximum Gasteiger partial charge on any atom is 0.250 e. The summed E-state index contributed by atoms with van der Waals surface area (Å²) in [5.74, 6) is 1.29. The Morgan fingerprint density at radius 3 is 2.66 bits per heavy atom. The van der Waals surface area contributed by atoms with Gasteiger partial charge in [0.1, 0.15) is 0 Å². The number of carbonyl (C=O) groups is 1. The Morgan fingerprint density at radius 1 is 1.17 bits per heavy atom. The Hall–Kier alpha value is -3.00. The number of hydrogen-bond donors (Lipinski definition) is 1. The summed E-state index contributed by atoms with van der Waals surface area (Å²) in [6.45, 7) is 4.68. The molecule has 0 spiro atoms. The lowest BCUT2D eigenvalue weighted by atomic mass is 10.1. The maximum absolute atomic E-state index is 12.3. The molecule has 0 radical (unpaired) electrons. The van der Waals surface area contributed by atoms with Crippen LogP contribution in [0.25, 0.3) is 11.0 Å². The smallest absolute Gasteiger partial charge is 0.250 e. The van der Waals surface area contributed by atoms with Crippen molar-refractivity contribution in [1.82, 2.24) is 15.0 Å². The van der Waals surface area contributed by atoms with E-state index < -0.39 is 0 Å². The fourth-order valence-electron chi connectivity index (χ4n) is 2.90. The van der Waals surface area contributed by atoms with Gasteiger partial charge in [-0.25, -0.2) is 10.4 Å². The van der Waals surface area contributed by atoms with Gasteiger partial charge in [-0.15, -0.1) is 0 Å². The fraction of sp³-hybridized carbons (Fsp3) is 0.286. The molecule has 0 unspecified atom stereocenters. The monoisotopic (exact) mass is 412 g/mol. The molecular formula is C21H24N4O3S. The lowest BCUT2D eigenvalue weighted by Crippen LogP contribution is -2.21. The number of aromatic nitrogens is 2. The lowest BCUT2D eigenvalue weighted by Gasteiger charge is -2.09. The van der Waals surface area contributed by atoms with E-state index >= 15 is 0 Å². The number of hydrogen-bond acceptors (Lipinski definition) is 6. The van der Waals surface area contributed by atoms with E-state index in [-0.39, 0.29) is 11.7 Å². The minimum atomic E-state index is -0.190. The number of ether oxygens (including phenoxy) is 2. The van der Waals surface area contributed by atoms with Crippen LogP contribution < -0.4 is 14.9 Å². The zero-order valence-electron chi connectivity index (χ0n) is 16.9. The number of benzene rings is 2. The summed E-state index contributed by atoms with van der Waals surface area (Å²) in [4.78, 5) is 16.9. The molecule has 3 aromatic rings. The Labute approximate surface area is 174 Å².